The number of allylic oxidation sites excluding steroid dienone is 1. The van der Waals surface area contributed by atoms with E-state index in [4.69, 9.17) is 5.11 Å². The van der Waals surface area contributed by atoms with Crippen LogP contribution in [0.3, 0.4) is 0 Å². The van der Waals surface area contributed by atoms with Crippen LogP contribution in [0.25, 0.3) is 0 Å². The summed E-state index contributed by atoms with van der Waals surface area (Å²) in [6, 6.07) is 6.49. The zero-order chi connectivity index (χ0) is 12.8. The predicted molar refractivity (Wildman–Crippen MR) is 64.7 cm³/mol. The summed E-state index contributed by atoms with van der Waals surface area (Å²) in [5.74, 6) is -1.02. The van der Waals surface area contributed by atoms with E-state index in [0.717, 1.165) is 5.56 Å². The largest absolute Gasteiger partial charge is 0.478 e. The van der Waals surface area contributed by atoms with Gasteiger partial charge in [-0.25, -0.2) is 4.79 Å². The quantitative estimate of drug-likeness (QED) is 0.808. The van der Waals surface area contributed by atoms with Crippen molar-refractivity contribution in [2.45, 2.75) is 13.5 Å². The lowest BCUT2D eigenvalue weighted by molar-refractivity contribution is -0.125. The molecule has 0 aliphatic heterocycles. The van der Waals surface area contributed by atoms with E-state index in [1.807, 2.05) is 0 Å². The Morgan fingerprint density at radius 1 is 1.29 bits per heavy atom. The second kappa shape index (κ2) is 5.84. The van der Waals surface area contributed by atoms with Crippen LogP contribution in [-0.2, 0) is 11.3 Å². The first-order valence-electron chi connectivity index (χ1n) is 5.24. The number of hydrogen-bond acceptors (Lipinski definition) is 2. The van der Waals surface area contributed by atoms with Crippen LogP contribution in [0.4, 0.5) is 0 Å². The summed E-state index contributed by atoms with van der Waals surface area (Å²) in [7, 11) is 1.70. The number of hydrogen-bond donors (Lipinski definition) is 1. The highest BCUT2D eigenvalue weighted by Gasteiger charge is 2.06. The van der Waals surface area contributed by atoms with E-state index < -0.39 is 5.97 Å². The van der Waals surface area contributed by atoms with Crippen molar-refractivity contribution in [2.24, 2.45) is 0 Å². The summed E-state index contributed by atoms with van der Waals surface area (Å²) < 4.78 is 0. The van der Waals surface area contributed by atoms with E-state index in [-0.39, 0.29) is 11.5 Å². The highest BCUT2D eigenvalue weighted by molar-refractivity contribution is 5.88. The first-order chi connectivity index (χ1) is 8.04. The van der Waals surface area contributed by atoms with E-state index in [1.165, 1.54) is 18.2 Å². The lowest BCUT2D eigenvalue weighted by Gasteiger charge is -2.15. The molecule has 4 heteroatoms. The average molecular weight is 233 g/mol. The van der Waals surface area contributed by atoms with Gasteiger partial charge in [0, 0.05) is 13.6 Å². The number of carbonyl (C=O) groups excluding carboxylic acids is 1. The number of likely N-dealkylation sites (N-methyl/N-ethyl adjacent to an activating group) is 1. The molecule has 0 fully saturated rings. The van der Waals surface area contributed by atoms with Gasteiger partial charge in [0.15, 0.2) is 0 Å². The van der Waals surface area contributed by atoms with Crippen molar-refractivity contribution >= 4 is 11.9 Å². The Morgan fingerprint density at radius 2 is 1.88 bits per heavy atom. The number of carbonyl (C=O) groups is 2. The minimum atomic E-state index is -0.949. The maximum absolute atomic E-state index is 11.5. The first kappa shape index (κ1) is 13.0. The summed E-state index contributed by atoms with van der Waals surface area (Å²) in [5.41, 5.74) is 1.14. The van der Waals surface area contributed by atoms with Gasteiger partial charge in [-0.1, -0.05) is 18.2 Å². The van der Waals surface area contributed by atoms with E-state index in [0.29, 0.717) is 6.54 Å². The predicted octanol–water partition coefficient (Wildman–Crippen LogP) is 1.92. The van der Waals surface area contributed by atoms with E-state index in [9.17, 15) is 9.59 Å². The van der Waals surface area contributed by atoms with Gasteiger partial charge in [0.1, 0.15) is 0 Å². The molecule has 0 atom stereocenters. The highest BCUT2D eigenvalue weighted by atomic mass is 16.4. The molecule has 0 bridgehead atoms. The van der Waals surface area contributed by atoms with Gasteiger partial charge in [0.25, 0.3) is 0 Å². The van der Waals surface area contributed by atoms with Gasteiger partial charge < -0.3 is 10.0 Å². The molecule has 0 aromatic heterocycles. The van der Waals surface area contributed by atoms with Gasteiger partial charge in [-0.3, -0.25) is 4.79 Å². The zero-order valence-corrected chi connectivity index (χ0v) is 9.88. The molecular weight excluding hydrogens is 218 g/mol. The molecule has 1 amide bonds. The molecule has 17 heavy (non-hydrogen) atoms. The molecule has 1 aromatic carbocycles. The van der Waals surface area contributed by atoms with Crippen LogP contribution in [-0.4, -0.2) is 28.9 Å². The van der Waals surface area contributed by atoms with Gasteiger partial charge in [-0.05, 0) is 30.7 Å². The normalized spacial score (nSPS) is 10.5. The smallest absolute Gasteiger partial charge is 0.335 e. The first-order valence-corrected chi connectivity index (χ1v) is 5.24. The fraction of sp³-hybridized carbons (Fsp3) is 0.231. The summed E-state index contributed by atoms with van der Waals surface area (Å²) in [6.45, 7) is 2.25. The topological polar surface area (TPSA) is 57.6 Å². The summed E-state index contributed by atoms with van der Waals surface area (Å²) in [6.07, 6.45) is 3.18. The fourth-order valence-electron chi connectivity index (χ4n) is 1.37. The molecule has 90 valence electrons. The molecule has 0 saturated carbocycles. The molecule has 0 heterocycles. The molecule has 0 aliphatic carbocycles. The van der Waals surface area contributed by atoms with Gasteiger partial charge >= 0.3 is 5.97 Å². The van der Waals surface area contributed by atoms with Crippen molar-refractivity contribution in [3.63, 3.8) is 0 Å². The van der Waals surface area contributed by atoms with Crippen molar-refractivity contribution in [3.05, 3.63) is 47.5 Å². The molecule has 0 aliphatic rings. The van der Waals surface area contributed by atoms with Crippen LogP contribution in [0, 0.1) is 0 Å². The minimum Gasteiger partial charge on any atom is -0.478 e. The average Bonchev–Trinajstić information content (AvgIpc) is 2.30. The molecule has 0 radical (unpaired) electrons. The van der Waals surface area contributed by atoms with Crippen molar-refractivity contribution in [2.75, 3.05) is 7.05 Å². The molecule has 0 unspecified atom stereocenters. The summed E-state index contributed by atoms with van der Waals surface area (Å²) in [4.78, 5) is 23.7. The van der Waals surface area contributed by atoms with E-state index in [1.54, 1.807) is 37.1 Å². The van der Waals surface area contributed by atoms with Crippen LogP contribution in [0.5, 0.6) is 0 Å². The van der Waals surface area contributed by atoms with Crippen LogP contribution in [0.1, 0.15) is 22.8 Å². The Balaban J connectivity index is 2.69. The van der Waals surface area contributed by atoms with Crippen molar-refractivity contribution in [1.29, 1.82) is 0 Å². The standard InChI is InChI=1S/C13H15NO3/c1-3-4-12(15)14(2)9-10-5-7-11(8-6-10)13(16)17/h3-8H,9H2,1-2H3,(H,16,17)/b4-3+. The molecule has 4 nitrogen and oxygen atoms in total. The maximum Gasteiger partial charge on any atom is 0.335 e. The highest BCUT2D eigenvalue weighted by Crippen LogP contribution is 2.07. The molecule has 0 spiro atoms. The Morgan fingerprint density at radius 3 is 2.35 bits per heavy atom. The lowest BCUT2D eigenvalue weighted by atomic mass is 10.1. The number of carboxylic acids is 1. The van der Waals surface area contributed by atoms with E-state index in [2.05, 4.69) is 0 Å². The summed E-state index contributed by atoms with van der Waals surface area (Å²) >= 11 is 0. The Hall–Kier alpha value is -2.10. The Labute approximate surface area is 100 Å². The number of benzene rings is 1. The third-order valence-corrected chi connectivity index (χ3v) is 2.31. The van der Waals surface area contributed by atoms with Gasteiger partial charge in [0.05, 0.1) is 5.56 Å². The van der Waals surface area contributed by atoms with E-state index >= 15 is 0 Å². The SMILES string of the molecule is C/C=C/C(=O)N(C)Cc1ccc(C(=O)O)cc1. The number of aromatic carboxylic acids is 1. The number of carboxylic acid groups (broad SMARTS) is 1. The van der Waals surface area contributed by atoms with Crippen LogP contribution in [0.15, 0.2) is 36.4 Å². The minimum absolute atomic E-state index is 0.0742. The zero-order valence-electron chi connectivity index (χ0n) is 9.88. The second-order valence-corrected chi connectivity index (χ2v) is 3.70. The molecule has 1 rings (SSSR count). The summed E-state index contributed by atoms with van der Waals surface area (Å²) in [5, 5.41) is 8.74. The monoisotopic (exact) mass is 233 g/mol. The molecule has 1 aromatic rings. The van der Waals surface area contributed by atoms with Crippen LogP contribution >= 0.6 is 0 Å². The fourth-order valence-corrected chi connectivity index (χ4v) is 1.37. The molecule has 0 saturated heterocycles. The molecular formula is C13H15NO3. The van der Waals surface area contributed by atoms with Crippen LogP contribution < -0.4 is 0 Å². The van der Waals surface area contributed by atoms with Gasteiger partial charge in [-0.15, -0.1) is 0 Å². The lowest BCUT2D eigenvalue weighted by Crippen LogP contribution is -2.24. The third kappa shape index (κ3) is 3.75. The van der Waals surface area contributed by atoms with Gasteiger partial charge in [-0.2, -0.15) is 0 Å². The number of rotatable bonds is 4. The maximum atomic E-state index is 11.5. The van der Waals surface area contributed by atoms with Gasteiger partial charge in [0.2, 0.25) is 5.91 Å². The van der Waals surface area contributed by atoms with Crippen molar-refractivity contribution in [1.82, 2.24) is 4.90 Å². The number of nitrogens with zero attached hydrogens (tertiary/aromatic N) is 1. The van der Waals surface area contributed by atoms with Crippen molar-refractivity contribution < 1.29 is 14.7 Å². The number of amides is 1. The Bertz CT molecular complexity index is 434. The third-order valence-electron chi connectivity index (χ3n) is 2.31. The van der Waals surface area contributed by atoms with Crippen LogP contribution in [0.2, 0.25) is 0 Å². The van der Waals surface area contributed by atoms with Crippen molar-refractivity contribution in [3.8, 4) is 0 Å². The second-order valence-electron chi connectivity index (χ2n) is 3.70. The Kier molecular flexibility index (Phi) is 4.46. The molecule has 1 N–H and O–H groups in total.